The van der Waals surface area contributed by atoms with Crippen LogP contribution >= 0.6 is 0 Å². The first kappa shape index (κ1) is 21.2. The first-order valence-electron chi connectivity index (χ1n) is 11.3. The summed E-state index contributed by atoms with van der Waals surface area (Å²) >= 11 is 0. The van der Waals surface area contributed by atoms with Gasteiger partial charge in [-0.05, 0) is 54.3 Å². The number of nitriles is 1. The average Bonchev–Trinajstić information content (AvgIpc) is 3.40. The van der Waals surface area contributed by atoms with E-state index in [2.05, 4.69) is 45.1 Å². The Kier molecular flexibility index (Phi) is 4.96. The molecule has 4 heterocycles. The number of tetrazole rings is 1. The van der Waals surface area contributed by atoms with Crippen LogP contribution in [-0.4, -0.2) is 54.8 Å². The molecule has 0 saturated carbocycles. The Morgan fingerprint density at radius 3 is 2.70 bits per heavy atom. The number of benzene rings is 1. The molecule has 9 heteroatoms. The Balaban J connectivity index is 1.66. The number of ether oxygens (including phenoxy) is 1. The van der Waals surface area contributed by atoms with Crippen LogP contribution in [0.4, 0.5) is 0 Å². The number of nitrogens with zero attached hydrogens (tertiary/aromatic N) is 7. The van der Waals surface area contributed by atoms with Gasteiger partial charge in [0.05, 0.1) is 31.5 Å². The van der Waals surface area contributed by atoms with Crippen LogP contribution in [0.5, 0.6) is 5.75 Å². The van der Waals surface area contributed by atoms with Crippen molar-refractivity contribution in [2.45, 2.75) is 51.6 Å². The molecule has 1 saturated heterocycles. The zero-order chi connectivity index (χ0) is 23.3. The lowest BCUT2D eigenvalue weighted by molar-refractivity contribution is 0.0294. The molecular weight excluding hydrogens is 418 g/mol. The third-order valence-corrected chi connectivity index (χ3v) is 6.85. The van der Waals surface area contributed by atoms with Gasteiger partial charge in [-0.3, -0.25) is 4.79 Å². The van der Waals surface area contributed by atoms with E-state index in [1.807, 2.05) is 13.0 Å². The van der Waals surface area contributed by atoms with Crippen molar-refractivity contribution >= 4 is 5.91 Å². The SMILES string of the molecule is CCCc1cc(C(=O)N2CC[C@]2(C)C#N)n2c1-c1cc(-c3nnn(C)n3)c(OC)cc1CC2. The first-order chi connectivity index (χ1) is 15.9. The number of hydrogen-bond donors (Lipinski definition) is 0. The maximum Gasteiger partial charge on any atom is 0.271 e. The monoisotopic (exact) mass is 445 g/mol. The summed E-state index contributed by atoms with van der Waals surface area (Å²) in [7, 11) is 3.38. The van der Waals surface area contributed by atoms with Crippen LogP contribution < -0.4 is 4.74 Å². The lowest BCUT2D eigenvalue weighted by Gasteiger charge is -2.45. The highest BCUT2D eigenvalue weighted by molar-refractivity contribution is 5.96. The summed E-state index contributed by atoms with van der Waals surface area (Å²) < 4.78 is 7.79. The minimum absolute atomic E-state index is 0.0679. The summed E-state index contributed by atoms with van der Waals surface area (Å²) in [5.74, 6) is 1.14. The number of carbonyl (C=O) groups excluding carboxylic acids is 1. The number of hydrogen-bond acceptors (Lipinski definition) is 6. The van der Waals surface area contributed by atoms with E-state index in [1.54, 1.807) is 19.1 Å². The molecule has 0 radical (unpaired) electrons. The summed E-state index contributed by atoms with van der Waals surface area (Å²) in [6.07, 6.45) is 3.32. The molecule has 3 aromatic rings. The van der Waals surface area contributed by atoms with Crippen LogP contribution in [0, 0.1) is 11.3 Å². The van der Waals surface area contributed by atoms with Gasteiger partial charge in [0, 0.05) is 25.1 Å². The first-order valence-corrected chi connectivity index (χ1v) is 11.3. The molecule has 0 bridgehead atoms. The fourth-order valence-corrected chi connectivity index (χ4v) is 4.95. The zero-order valence-corrected chi connectivity index (χ0v) is 19.4. The van der Waals surface area contributed by atoms with Gasteiger partial charge in [0.15, 0.2) is 0 Å². The Bertz CT molecular complexity index is 1300. The standard InChI is InChI=1S/C24H27N7O2/c1-5-6-16-11-19(23(32)31-10-8-24(31,2)14-25)30-9-7-15-12-20(33-4)18(13-17(15)21(16)30)22-26-28-29(3)27-22/h11-13H,5-10H2,1-4H3/t24-/m1/s1. The molecule has 170 valence electrons. The van der Waals surface area contributed by atoms with Gasteiger partial charge in [0.25, 0.3) is 5.91 Å². The van der Waals surface area contributed by atoms with E-state index in [1.165, 1.54) is 10.4 Å². The lowest BCUT2D eigenvalue weighted by Crippen LogP contribution is -2.59. The molecule has 2 aromatic heterocycles. The Hall–Kier alpha value is -3.67. The molecule has 0 N–H and O–H groups in total. The minimum Gasteiger partial charge on any atom is -0.496 e. The van der Waals surface area contributed by atoms with Crippen molar-refractivity contribution in [3.05, 3.63) is 35.0 Å². The van der Waals surface area contributed by atoms with Crippen molar-refractivity contribution in [3.8, 4) is 34.5 Å². The van der Waals surface area contributed by atoms with Crippen molar-refractivity contribution < 1.29 is 9.53 Å². The smallest absolute Gasteiger partial charge is 0.271 e. The second kappa shape index (κ2) is 7.73. The van der Waals surface area contributed by atoms with Gasteiger partial charge in [-0.15, -0.1) is 10.2 Å². The molecule has 0 spiro atoms. The molecule has 2 aliphatic heterocycles. The molecule has 0 aliphatic carbocycles. The van der Waals surface area contributed by atoms with Crippen LogP contribution in [0.15, 0.2) is 18.2 Å². The number of aryl methyl sites for hydroxylation is 3. The van der Waals surface area contributed by atoms with E-state index in [4.69, 9.17) is 4.74 Å². The molecule has 0 unspecified atom stereocenters. The van der Waals surface area contributed by atoms with Crippen LogP contribution in [0.3, 0.4) is 0 Å². The van der Waals surface area contributed by atoms with Gasteiger partial charge in [-0.2, -0.15) is 10.1 Å². The van der Waals surface area contributed by atoms with E-state index in [0.29, 0.717) is 36.8 Å². The third kappa shape index (κ3) is 3.20. The number of aromatic nitrogens is 5. The topological polar surface area (TPSA) is 102 Å². The quantitative estimate of drug-likeness (QED) is 0.598. The van der Waals surface area contributed by atoms with Gasteiger partial charge in [0.2, 0.25) is 5.82 Å². The summed E-state index contributed by atoms with van der Waals surface area (Å²) in [5.41, 5.74) is 5.16. The van der Waals surface area contributed by atoms with E-state index >= 15 is 0 Å². The predicted octanol–water partition coefficient (Wildman–Crippen LogP) is 2.99. The highest BCUT2D eigenvalue weighted by atomic mass is 16.5. The largest absolute Gasteiger partial charge is 0.496 e. The van der Waals surface area contributed by atoms with Gasteiger partial charge in [-0.1, -0.05) is 13.3 Å². The van der Waals surface area contributed by atoms with Gasteiger partial charge >= 0.3 is 0 Å². The normalized spacial score (nSPS) is 18.8. The highest BCUT2D eigenvalue weighted by Crippen LogP contribution is 2.42. The number of likely N-dealkylation sites (tertiary alicyclic amines) is 1. The number of methoxy groups -OCH3 is 1. The van der Waals surface area contributed by atoms with Gasteiger partial charge < -0.3 is 14.2 Å². The van der Waals surface area contributed by atoms with E-state index < -0.39 is 5.54 Å². The van der Waals surface area contributed by atoms with Crippen molar-refractivity contribution in [1.29, 1.82) is 5.26 Å². The fraction of sp³-hybridized carbons (Fsp3) is 0.458. The minimum atomic E-state index is -0.725. The van der Waals surface area contributed by atoms with Crippen molar-refractivity contribution in [1.82, 2.24) is 29.7 Å². The molecule has 1 fully saturated rings. The predicted molar refractivity (Wildman–Crippen MR) is 122 cm³/mol. The van der Waals surface area contributed by atoms with E-state index in [-0.39, 0.29) is 5.91 Å². The number of fused-ring (bicyclic) bond motifs is 3. The van der Waals surface area contributed by atoms with E-state index in [9.17, 15) is 10.1 Å². The summed E-state index contributed by atoms with van der Waals surface area (Å²) in [4.78, 5) is 16.6. The second-order valence-corrected chi connectivity index (χ2v) is 8.96. The molecule has 1 amide bonds. The summed E-state index contributed by atoms with van der Waals surface area (Å²) in [6, 6.07) is 8.45. The maximum absolute atomic E-state index is 13.5. The van der Waals surface area contributed by atoms with E-state index in [0.717, 1.165) is 41.6 Å². The molecular formula is C24H27N7O2. The highest BCUT2D eigenvalue weighted by Gasteiger charge is 2.45. The fourth-order valence-electron chi connectivity index (χ4n) is 4.95. The number of carbonyl (C=O) groups is 1. The van der Waals surface area contributed by atoms with Crippen LogP contribution in [-0.2, 0) is 26.4 Å². The van der Waals surface area contributed by atoms with Crippen molar-refractivity contribution in [2.24, 2.45) is 7.05 Å². The van der Waals surface area contributed by atoms with Crippen LogP contribution in [0.1, 0.15) is 48.3 Å². The summed E-state index contributed by atoms with van der Waals surface area (Å²) in [5, 5.41) is 22.1. The molecule has 33 heavy (non-hydrogen) atoms. The molecule has 9 nitrogen and oxygen atoms in total. The summed E-state index contributed by atoms with van der Waals surface area (Å²) in [6.45, 7) is 5.29. The maximum atomic E-state index is 13.5. The molecule has 5 rings (SSSR count). The molecule has 2 aliphatic rings. The lowest BCUT2D eigenvalue weighted by atomic mass is 9.88. The van der Waals surface area contributed by atoms with Gasteiger partial charge in [0.1, 0.15) is 17.0 Å². The average molecular weight is 446 g/mol. The van der Waals surface area contributed by atoms with Crippen molar-refractivity contribution in [2.75, 3.05) is 13.7 Å². The Morgan fingerprint density at radius 2 is 2.09 bits per heavy atom. The van der Waals surface area contributed by atoms with Crippen LogP contribution in [0.2, 0.25) is 0 Å². The third-order valence-electron chi connectivity index (χ3n) is 6.85. The number of rotatable bonds is 5. The van der Waals surface area contributed by atoms with Crippen molar-refractivity contribution in [3.63, 3.8) is 0 Å². The molecule has 1 aromatic carbocycles. The second-order valence-electron chi connectivity index (χ2n) is 8.96. The van der Waals surface area contributed by atoms with Crippen LogP contribution in [0.25, 0.3) is 22.6 Å². The number of amides is 1. The molecule has 1 atom stereocenters. The Morgan fingerprint density at radius 1 is 1.27 bits per heavy atom. The zero-order valence-electron chi connectivity index (χ0n) is 19.4. The Labute approximate surface area is 192 Å². The van der Waals surface area contributed by atoms with Gasteiger partial charge in [-0.25, -0.2) is 0 Å².